The highest BCUT2D eigenvalue weighted by atomic mass is 16.5. The van der Waals surface area contributed by atoms with Crippen molar-refractivity contribution in [3.8, 4) is 5.75 Å². The van der Waals surface area contributed by atoms with E-state index in [1.54, 1.807) is 12.1 Å². The largest absolute Gasteiger partial charge is 0.618 e. The molecule has 0 aliphatic carbocycles. The molecule has 0 aliphatic heterocycles. The summed E-state index contributed by atoms with van der Waals surface area (Å²) < 4.78 is 10.8. The Morgan fingerprint density at radius 1 is 1.19 bits per heavy atom. The molecule has 0 saturated heterocycles. The van der Waals surface area contributed by atoms with Crippen LogP contribution in [0.5, 0.6) is 5.75 Å². The molecule has 0 saturated carbocycles. The van der Waals surface area contributed by atoms with E-state index < -0.39 is 11.8 Å². The number of esters is 1. The first-order chi connectivity index (χ1) is 12.5. The minimum absolute atomic E-state index is 0.0903. The molecule has 0 spiro atoms. The molecule has 8 nitrogen and oxygen atoms in total. The first-order valence-corrected chi connectivity index (χ1v) is 7.69. The van der Waals surface area contributed by atoms with Gasteiger partial charge in [-0.2, -0.15) is 4.73 Å². The van der Waals surface area contributed by atoms with E-state index in [1.807, 2.05) is 0 Å². The van der Waals surface area contributed by atoms with Gasteiger partial charge in [0.25, 0.3) is 5.69 Å². The molecular formula is C18H15N3O5. The Balaban J connectivity index is 1.98. The smallest absolute Gasteiger partial charge is 0.338 e. The van der Waals surface area contributed by atoms with E-state index in [0.717, 1.165) is 0 Å². The molecule has 26 heavy (non-hydrogen) atoms. The highest BCUT2D eigenvalue weighted by Crippen LogP contribution is 2.19. The van der Waals surface area contributed by atoms with Gasteiger partial charge in [0, 0.05) is 19.3 Å². The number of Topliss-reactive ketones (excluding diaryl/α,β-unsaturated/α-hetero) is 1. The monoisotopic (exact) mass is 353 g/mol. The van der Waals surface area contributed by atoms with E-state index >= 15 is 0 Å². The first kappa shape index (κ1) is 17.3. The average Bonchev–Trinajstić information content (AvgIpc) is 2.66. The molecule has 0 aliphatic rings. The van der Waals surface area contributed by atoms with Gasteiger partial charge in [0.1, 0.15) is 17.9 Å². The molecule has 0 radical (unpaired) electrons. The lowest BCUT2D eigenvalue weighted by molar-refractivity contribution is -0.580. The van der Waals surface area contributed by atoms with E-state index in [0.29, 0.717) is 21.6 Å². The van der Waals surface area contributed by atoms with Crippen molar-refractivity contribution in [3.05, 3.63) is 64.9 Å². The molecule has 0 N–H and O–H groups in total. The number of hydrogen-bond acceptors (Lipinski definition) is 7. The van der Waals surface area contributed by atoms with Crippen molar-refractivity contribution in [3.63, 3.8) is 0 Å². The van der Waals surface area contributed by atoms with Crippen molar-refractivity contribution in [2.75, 3.05) is 7.11 Å². The molecule has 0 amide bonds. The molecule has 2 heterocycles. The summed E-state index contributed by atoms with van der Waals surface area (Å²) in [6, 6.07) is 7.74. The number of ether oxygens (including phenoxy) is 2. The zero-order chi connectivity index (χ0) is 18.7. The minimum Gasteiger partial charge on any atom is -0.618 e. The number of ketones is 1. The highest BCUT2D eigenvalue weighted by molar-refractivity contribution is 5.93. The number of hydrogen-bond donors (Lipinski definition) is 0. The predicted molar refractivity (Wildman–Crippen MR) is 90.6 cm³/mol. The van der Waals surface area contributed by atoms with Crippen LogP contribution in [-0.4, -0.2) is 28.8 Å². The van der Waals surface area contributed by atoms with E-state index in [4.69, 9.17) is 9.47 Å². The topological polar surface area (TPSA) is 105 Å². The van der Waals surface area contributed by atoms with Crippen LogP contribution in [0.1, 0.15) is 33.5 Å². The highest BCUT2D eigenvalue weighted by Gasteiger charge is 2.24. The van der Waals surface area contributed by atoms with Crippen LogP contribution in [0.25, 0.3) is 11.0 Å². The fraction of sp³-hybridized carbons (Fsp3) is 0.167. The van der Waals surface area contributed by atoms with Gasteiger partial charge in [-0.3, -0.25) is 9.78 Å². The molecule has 132 valence electrons. The van der Waals surface area contributed by atoms with Crippen molar-refractivity contribution >= 4 is 22.8 Å². The van der Waals surface area contributed by atoms with E-state index in [1.165, 1.54) is 44.6 Å². The normalized spacial score (nSPS) is 10.5. The number of rotatable bonds is 5. The quantitative estimate of drug-likeness (QED) is 0.298. The Labute approximate surface area is 148 Å². The molecule has 3 rings (SSSR count). The Hall–Kier alpha value is -3.55. The van der Waals surface area contributed by atoms with Crippen LogP contribution in [0.4, 0.5) is 0 Å². The maximum absolute atomic E-state index is 12.6. The van der Waals surface area contributed by atoms with Gasteiger partial charge >= 0.3 is 5.97 Å². The van der Waals surface area contributed by atoms with Crippen LogP contribution in [-0.2, 0) is 11.3 Å². The van der Waals surface area contributed by atoms with Crippen LogP contribution in [0.3, 0.4) is 0 Å². The van der Waals surface area contributed by atoms with Gasteiger partial charge in [-0.1, -0.05) is 0 Å². The minimum atomic E-state index is -0.601. The molecule has 3 aromatic rings. The van der Waals surface area contributed by atoms with Gasteiger partial charge in [0.2, 0.25) is 11.3 Å². The second kappa shape index (κ2) is 7.14. The lowest BCUT2D eigenvalue weighted by Crippen LogP contribution is -2.37. The maximum Gasteiger partial charge on any atom is 0.338 e. The predicted octanol–water partition coefficient (Wildman–Crippen LogP) is 1.83. The lowest BCUT2D eigenvalue weighted by Gasteiger charge is -2.11. The molecule has 1 aromatic carbocycles. The van der Waals surface area contributed by atoms with Crippen LogP contribution >= 0.6 is 0 Å². The number of carbonyl (C=O) groups excluding carboxylic acids is 2. The Morgan fingerprint density at radius 3 is 2.58 bits per heavy atom. The Bertz CT molecular complexity index is 989. The number of nitrogens with zero attached hydrogens (tertiary/aromatic N) is 3. The number of aromatic nitrogens is 3. The summed E-state index contributed by atoms with van der Waals surface area (Å²) in [4.78, 5) is 32.2. The zero-order valence-corrected chi connectivity index (χ0v) is 14.1. The molecule has 0 bridgehead atoms. The molecule has 2 aromatic heterocycles. The van der Waals surface area contributed by atoms with Crippen LogP contribution < -0.4 is 9.47 Å². The summed E-state index contributed by atoms with van der Waals surface area (Å²) in [7, 11) is 1.47. The van der Waals surface area contributed by atoms with Gasteiger partial charge in [-0.25, -0.2) is 9.78 Å². The van der Waals surface area contributed by atoms with Gasteiger partial charge < -0.3 is 14.7 Å². The number of carbonyl (C=O) groups is 2. The second-order valence-electron chi connectivity index (χ2n) is 5.42. The first-order valence-electron chi connectivity index (χ1n) is 7.69. The van der Waals surface area contributed by atoms with Crippen LogP contribution in [0, 0.1) is 5.21 Å². The lowest BCUT2D eigenvalue weighted by atomic mass is 10.2. The zero-order valence-electron chi connectivity index (χ0n) is 14.1. The third kappa shape index (κ3) is 3.30. The van der Waals surface area contributed by atoms with Crippen LogP contribution in [0.2, 0.25) is 0 Å². The Morgan fingerprint density at radius 2 is 1.92 bits per heavy atom. The fourth-order valence-corrected chi connectivity index (χ4v) is 2.48. The van der Waals surface area contributed by atoms with Gasteiger partial charge in [-0.15, -0.1) is 0 Å². The van der Waals surface area contributed by atoms with Crippen LogP contribution in [0.15, 0.2) is 42.7 Å². The Kier molecular flexibility index (Phi) is 4.74. The van der Waals surface area contributed by atoms with E-state index in [-0.39, 0.29) is 23.5 Å². The molecule has 0 fully saturated rings. The number of pyridine rings is 1. The fourth-order valence-electron chi connectivity index (χ4n) is 2.48. The third-order valence-electron chi connectivity index (χ3n) is 3.72. The van der Waals surface area contributed by atoms with E-state index in [2.05, 4.69) is 9.97 Å². The standard InChI is InChI=1S/C18H15N3O5/c1-11(22)17-15(10-26-18(23)12-5-7-19-8-6-12)20-14-4-3-13(25-2)9-16(14)21(17)24/h3-9H,10H2,1-2H3. The van der Waals surface area contributed by atoms with Crippen molar-refractivity contribution in [2.24, 2.45) is 0 Å². The molecule has 0 unspecified atom stereocenters. The van der Waals surface area contributed by atoms with Gasteiger partial charge in [-0.05, 0) is 24.3 Å². The summed E-state index contributed by atoms with van der Waals surface area (Å²) in [5.41, 5.74) is 0.783. The number of methoxy groups -OCH3 is 1. The molecule has 0 atom stereocenters. The molecule has 8 heteroatoms. The number of benzene rings is 1. The summed E-state index contributed by atoms with van der Waals surface area (Å²) >= 11 is 0. The van der Waals surface area contributed by atoms with E-state index in [9.17, 15) is 14.8 Å². The maximum atomic E-state index is 12.6. The van der Waals surface area contributed by atoms with Crippen molar-refractivity contribution < 1.29 is 23.8 Å². The van der Waals surface area contributed by atoms with Gasteiger partial charge in [0.05, 0.1) is 18.7 Å². The summed E-state index contributed by atoms with van der Waals surface area (Å²) in [5, 5.41) is 12.6. The summed E-state index contributed by atoms with van der Waals surface area (Å²) in [5.74, 6) is -0.613. The average molecular weight is 353 g/mol. The number of fused-ring (bicyclic) bond motifs is 1. The summed E-state index contributed by atoms with van der Waals surface area (Å²) in [6.07, 6.45) is 2.93. The van der Waals surface area contributed by atoms with Crippen molar-refractivity contribution in [1.29, 1.82) is 0 Å². The third-order valence-corrected chi connectivity index (χ3v) is 3.72. The van der Waals surface area contributed by atoms with Crippen molar-refractivity contribution in [2.45, 2.75) is 13.5 Å². The second-order valence-corrected chi connectivity index (χ2v) is 5.42. The summed E-state index contributed by atoms with van der Waals surface area (Å²) in [6.45, 7) is 0.950. The SMILES string of the molecule is COc1ccc2nc(COC(=O)c3ccncc3)c(C(C)=O)[n+]([O-])c2c1. The van der Waals surface area contributed by atoms with Gasteiger partial charge in [0.15, 0.2) is 5.69 Å². The van der Waals surface area contributed by atoms with Crippen molar-refractivity contribution in [1.82, 2.24) is 9.97 Å². The molecular weight excluding hydrogens is 338 g/mol.